The molecule has 0 aliphatic heterocycles. The standard InChI is InChI=1S/C13H17N3O/c1-14-13(10-8-15-16(2)9-10)11-6-4-5-7-12(11)17-3/h4-9,13-14H,1-3H3. The van der Waals surface area contributed by atoms with Gasteiger partial charge in [0, 0.05) is 24.4 Å². The number of benzene rings is 1. The third-order valence-corrected chi connectivity index (χ3v) is 2.80. The molecule has 0 radical (unpaired) electrons. The van der Waals surface area contributed by atoms with E-state index in [9.17, 15) is 0 Å². The fourth-order valence-electron chi connectivity index (χ4n) is 2.00. The van der Waals surface area contributed by atoms with Crippen molar-refractivity contribution in [2.75, 3.05) is 14.2 Å². The lowest BCUT2D eigenvalue weighted by atomic mass is 10.0. The molecule has 17 heavy (non-hydrogen) atoms. The molecule has 2 aromatic rings. The van der Waals surface area contributed by atoms with Crippen molar-refractivity contribution in [3.05, 3.63) is 47.8 Å². The molecular formula is C13H17N3O. The van der Waals surface area contributed by atoms with Gasteiger partial charge in [-0.25, -0.2) is 0 Å². The molecule has 0 fully saturated rings. The monoisotopic (exact) mass is 231 g/mol. The largest absolute Gasteiger partial charge is 0.496 e. The van der Waals surface area contributed by atoms with Gasteiger partial charge in [0.1, 0.15) is 5.75 Å². The van der Waals surface area contributed by atoms with Gasteiger partial charge < -0.3 is 10.1 Å². The molecule has 0 aliphatic carbocycles. The van der Waals surface area contributed by atoms with Crippen molar-refractivity contribution in [1.29, 1.82) is 0 Å². The Labute approximate surface area is 101 Å². The van der Waals surface area contributed by atoms with Gasteiger partial charge in [0.25, 0.3) is 0 Å². The quantitative estimate of drug-likeness (QED) is 0.871. The topological polar surface area (TPSA) is 39.1 Å². The molecule has 4 nitrogen and oxygen atoms in total. The van der Waals surface area contributed by atoms with Crippen LogP contribution in [0.15, 0.2) is 36.7 Å². The van der Waals surface area contributed by atoms with Crippen molar-refractivity contribution in [2.45, 2.75) is 6.04 Å². The zero-order chi connectivity index (χ0) is 12.3. The number of hydrogen-bond donors (Lipinski definition) is 1. The Morgan fingerprint density at radius 2 is 2.12 bits per heavy atom. The minimum absolute atomic E-state index is 0.0971. The third kappa shape index (κ3) is 2.31. The first-order chi connectivity index (χ1) is 8.26. The van der Waals surface area contributed by atoms with E-state index < -0.39 is 0 Å². The molecule has 4 heteroatoms. The molecule has 1 aromatic heterocycles. The fourth-order valence-corrected chi connectivity index (χ4v) is 2.00. The number of aromatic nitrogens is 2. The first-order valence-corrected chi connectivity index (χ1v) is 5.55. The Hall–Kier alpha value is -1.81. The van der Waals surface area contributed by atoms with Crippen LogP contribution in [0.5, 0.6) is 5.75 Å². The number of para-hydroxylation sites is 1. The van der Waals surface area contributed by atoms with Crippen molar-refractivity contribution in [2.24, 2.45) is 7.05 Å². The van der Waals surface area contributed by atoms with Gasteiger partial charge in [0.2, 0.25) is 0 Å². The normalized spacial score (nSPS) is 12.4. The third-order valence-electron chi connectivity index (χ3n) is 2.80. The zero-order valence-electron chi connectivity index (χ0n) is 10.3. The predicted octanol–water partition coefficient (Wildman–Crippen LogP) is 1.74. The van der Waals surface area contributed by atoms with Crippen LogP contribution in [0.3, 0.4) is 0 Å². The van der Waals surface area contributed by atoms with Crippen LogP contribution in [0.2, 0.25) is 0 Å². The molecule has 0 aliphatic rings. The molecular weight excluding hydrogens is 214 g/mol. The second kappa shape index (κ2) is 5.01. The van der Waals surface area contributed by atoms with Crippen molar-refractivity contribution < 1.29 is 4.74 Å². The van der Waals surface area contributed by atoms with Crippen LogP contribution in [0, 0.1) is 0 Å². The minimum atomic E-state index is 0.0971. The van der Waals surface area contributed by atoms with Crippen LogP contribution in [-0.2, 0) is 7.05 Å². The van der Waals surface area contributed by atoms with E-state index in [0.717, 1.165) is 16.9 Å². The van der Waals surface area contributed by atoms with E-state index in [4.69, 9.17) is 4.74 Å². The highest BCUT2D eigenvalue weighted by Crippen LogP contribution is 2.29. The number of nitrogens with one attached hydrogen (secondary N) is 1. The summed E-state index contributed by atoms with van der Waals surface area (Å²) >= 11 is 0. The Morgan fingerprint density at radius 1 is 1.35 bits per heavy atom. The van der Waals surface area contributed by atoms with Crippen molar-refractivity contribution in [3.8, 4) is 5.75 Å². The summed E-state index contributed by atoms with van der Waals surface area (Å²) in [5, 5.41) is 7.49. The van der Waals surface area contributed by atoms with Crippen LogP contribution in [-0.4, -0.2) is 23.9 Å². The lowest BCUT2D eigenvalue weighted by Gasteiger charge is -2.17. The number of aryl methyl sites for hydroxylation is 1. The van der Waals surface area contributed by atoms with E-state index in [1.807, 2.05) is 44.7 Å². The van der Waals surface area contributed by atoms with Gasteiger partial charge in [0.05, 0.1) is 19.3 Å². The van der Waals surface area contributed by atoms with Gasteiger partial charge in [-0.15, -0.1) is 0 Å². The van der Waals surface area contributed by atoms with Gasteiger partial charge >= 0.3 is 0 Å². The summed E-state index contributed by atoms with van der Waals surface area (Å²) < 4.78 is 7.19. The zero-order valence-corrected chi connectivity index (χ0v) is 10.3. The van der Waals surface area contributed by atoms with Crippen molar-refractivity contribution in [3.63, 3.8) is 0 Å². The summed E-state index contributed by atoms with van der Waals surface area (Å²) in [5.41, 5.74) is 2.24. The van der Waals surface area contributed by atoms with Gasteiger partial charge in [-0.2, -0.15) is 5.10 Å². The van der Waals surface area contributed by atoms with Crippen LogP contribution in [0.25, 0.3) is 0 Å². The first-order valence-electron chi connectivity index (χ1n) is 5.55. The number of methoxy groups -OCH3 is 1. The molecule has 0 amide bonds. The maximum absolute atomic E-state index is 5.39. The Balaban J connectivity index is 2.41. The van der Waals surface area contributed by atoms with Crippen LogP contribution < -0.4 is 10.1 Å². The van der Waals surface area contributed by atoms with Crippen LogP contribution in [0.4, 0.5) is 0 Å². The summed E-state index contributed by atoms with van der Waals surface area (Å²) in [6.07, 6.45) is 3.88. The highest BCUT2D eigenvalue weighted by atomic mass is 16.5. The Morgan fingerprint density at radius 3 is 2.71 bits per heavy atom. The molecule has 1 atom stereocenters. The number of ether oxygens (including phenoxy) is 1. The van der Waals surface area contributed by atoms with E-state index in [1.165, 1.54) is 0 Å². The predicted molar refractivity (Wildman–Crippen MR) is 67.1 cm³/mol. The second-order valence-corrected chi connectivity index (χ2v) is 3.91. The Bertz CT molecular complexity index is 493. The van der Waals surface area contributed by atoms with Gasteiger partial charge in [0.15, 0.2) is 0 Å². The SMILES string of the molecule is CNC(c1cnn(C)c1)c1ccccc1OC. The molecule has 1 aromatic carbocycles. The maximum Gasteiger partial charge on any atom is 0.123 e. The summed E-state index contributed by atoms with van der Waals surface area (Å²) in [6.45, 7) is 0. The lowest BCUT2D eigenvalue weighted by molar-refractivity contribution is 0.405. The summed E-state index contributed by atoms with van der Waals surface area (Å²) in [7, 11) is 5.54. The van der Waals surface area contributed by atoms with E-state index in [2.05, 4.69) is 16.5 Å². The van der Waals surface area contributed by atoms with E-state index in [1.54, 1.807) is 11.8 Å². The molecule has 1 unspecified atom stereocenters. The summed E-state index contributed by atoms with van der Waals surface area (Å²) in [6, 6.07) is 8.11. The average molecular weight is 231 g/mol. The first kappa shape index (κ1) is 11.7. The van der Waals surface area contributed by atoms with E-state index in [0.29, 0.717) is 0 Å². The van der Waals surface area contributed by atoms with Gasteiger partial charge in [-0.1, -0.05) is 18.2 Å². The van der Waals surface area contributed by atoms with Crippen LogP contribution >= 0.6 is 0 Å². The number of hydrogen-bond acceptors (Lipinski definition) is 3. The molecule has 0 spiro atoms. The fraction of sp³-hybridized carbons (Fsp3) is 0.308. The molecule has 0 saturated heterocycles. The van der Waals surface area contributed by atoms with Gasteiger partial charge in [-0.05, 0) is 13.1 Å². The van der Waals surface area contributed by atoms with Gasteiger partial charge in [-0.3, -0.25) is 4.68 Å². The molecule has 2 rings (SSSR count). The highest BCUT2D eigenvalue weighted by Gasteiger charge is 2.17. The number of nitrogens with zero attached hydrogens (tertiary/aromatic N) is 2. The average Bonchev–Trinajstić information content (AvgIpc) is 2.77. The molecule has 0 bridgehead atoms. The van der Waals surface area contributed by atoms with E-state index in [-0.39, 0.29) is 6.04 Å². The second-order valence-electron chi connectivity index (χ2n) is 3.91. The minimum Gasteiger partial charge on any atom is -0.496 e. The van der Waals surface area contributed by atoms with Crippen LogP contribution in [0.1, 0.15) is 17.2 Å². The summed E-state index contributed by atoms with van der Waals surface area (Å²) in [5.74, 6) is 0.885. The summed E-state index contributed by atoms with van der Waals surface area (Å²) in [4.78, 5) is 0. The lowest BCUT2D eigenvalue weighted by Crippen LogP contribution is -2.17. The van der Waals surface area contributed by atoms with E-state index >= 15 is 0 Å². The smallest absolute Gasteiger partial charge is 0.123 e. The van der Waals surface area contributed by atoms with Crippen molar-refractivity contribution in [1.82, 2.24) is 15.1 Å². The molecule has 1 N–H and O–H groups in total. The van der Waals surface area contributed by atoms with Crippen molar-refractivity contribution >= 4 is 0 Å². The molecule has 1 heterocycles. The maximum atomic E-state index is 5.39. The Kier molecular flexibility index (Phi) is 3.44. The highest BCUT2D eigenvalue weighted by molar-refractivity contribution is 5.40. The molecule has 90 valence electrons. The molecule has 0 saturated carbocycles. The number of rotatable bonds is 4.